The lowest BCUT2D eigenvalue weighted by atomic mass is 9.74. The summed E-state index contributed by atoms with van der Waals surface area (Å²) in [6, 6.07) is 1.83. The smallest absolute Gasteiger partial charge is 0.410 e. The number of carbonyl (C=O) groups is 1. The quantitative estimate of drug-likeness (QED) is 0.384. The number of piperidine rings is 1. The van der Waals surface area contributed by atoms with Gasteiger partial charge in [-0.1, -0.05) is 0 Å². The van der Waals surface area contributed by atoms with Crippen molar-refractivity contribution in [2.45, 2.75) is 64.3 Å². The van der Waals surface area contributed by atoms with E-state index in [1.54, 1.807) is 6.07 Å². The Kier molecular flexibility index (Phi) is 7.40. The fourth-order valence-corrected chi connectivity index (χ4v) is 7.93. The van der Waals surface area contributed by atoms with Gasteiger partial charge in [-0.2, -0.15) is 18.3 Å². The molecular formula is C29H38F3N7O2S. The number of likely N-dealkylation sites (tertiary alicyclic amines) is 2. The number of fused-ring (bicyclic) bond motifs is 1. The summed E-state index contributed by atoms with van der Waals surface area (Å²) in [5, 5.41) is 5.17. The zero-order chi connectivity index (χ0) is 29.9. The second-order valence-electron chi connectivity index (χ2n) is 13.2. The average Bonchev–Trinajstić information content (AvgIpc) is 3.60. The van der Waals surface area contributed by atoms with Crippen LogP contribution in [0.4, 0.5) is 23.8 Å². The molecule has 9 nitrogen and oxygen atoms in total. The molecule has 3 aliphatic heterocycles. The van der Waals surface area contributed by atoms with Crippen LogP contribution >= 0.6 is 11.3 Å². The summed E-state index contributed by atoms with van der Waals surface area (Å²) in [5.41, 5.74) is 0.797. The van der Waals surface area contributed by atoms with E-state index in [-0.39, 0.29) is 22.4 Å². The van der Waals surface area contributed by atoms with Crippen molar-refractivity contribution in [3.8, 4) is 0 Å². The van der Waals surface area contributed by atoms with Crippen LogP contribution in [0.5, 0.6) is 0 Å². The number of alkyl halides is 3. The SMILES string of the molecule is Cn1cc(C(C2CCN(C(=O)OC(C)(C)C)CC2)N2CC3(CCN(c4ncnc5sc(CC(F)(F)F)cc45)C3)C2)cn1. The van der Waals surface area contributed by atoms with E-state index in [4.69, 9.17) is 4.74 Å². The number of hydrogen-bond acceptors (Lipinski definition) is 8. The molecule has 1 amide bonds. The molecule has 1 unspecified atom stereocenters. The van der Waals surface area contributed by atoms with E-state index in [1.165, 1.54) is 11.9 Å². The van der Waals surface area contributed by atoms with Crippen LogP contribution in [0.15, 0.2) is 24.8 Å². The summed E-state index contributed by atoms with van der Waals surface area (Å²) in [4.78, 5) is 28.9. The first kappa shape index (κ1) is 29.2. The van der Waals surface area contributed by atoms with Crippen molar-refractivity contribution in [3.05, 3.63) is 35.2 Å². The highest BCUT2D eigenvalue weighted by atomic mass is 32.1. The largest absolute Gasteiger partial charge is 0.444 e. The van der Waals surface area contributed by atoms with Gasteiger partial charge in [0, 0.05) is 74.4 Å². The van der Waals surface area contributed by atoms with Crippen molar-refractivity contribution in [2.75, 3.05) is 44.2 Å². The highest BCUT2D eigenvalue weighted by Gasteiger charge is 2.51. The van der Waals surface area contributed by atoms with Crippen LogP contribution in [0, 0.1) is 11.3 Å². The molecule has 0 radical (unpaired) electrons. The fourth-order valence-electron chi connectivity index (χ4n) is 6.91. The van der Waals surface area contributed by atoms with Gasteiger partial charge >= 0.3 is 12.3 Å². The van der Waals surface area contributed by atoms with Gasteiger partial charge in [0.15, 0.2) is 0 Å². The summed E-state index contributed by atoms with van der Waals surface area (Å²) in [5.74, 6) is 1.13. The van der Waals surface area contributed by atoms with Crippen LogP contribution in [0.2, 0.25) is 0 Å². The van der Waals surface area contributed by atoms with Gasteiger partial charge in [0.2, 0.25) is 0 Å². The number of aromatic nitrogens is 4. The highest BCUT2D eigenvalue weighted by molar-refractivity contribution is 7.18. The van der Waals surface area contributed by atoms with Crippen molar-refractivity contribution in [2.24, 2.45) is 18.4 Å². The van der Waals surface area contributed by atoms with E-state index >= 15 is 0 Å². The van der Waals surface area contributed by atoms with E-state index in [9.17, 15) is 18.0 Å². The van der Waals surface area contributed by atoms with Crippen molar-refractivity contribution in [1.82, 2.24) is 29.5 Å². The van der Waals surface area contributed by atoms with Crippen molar-refractivity contribution >= 4 is 33.5 Å². The zero-order valence-electron chi connectivity index (χ0n) is 24.5. The molecule has 1 spiro atoms. The Balaban J connectivity index is 1.13. The van der Waals surface area contributed by atoms with Crippen molar-refractivity contribution in [1.29, 1.82) is 0 Å². The number of aryl methyl sites for hydroxylation is 1. The lowest BCUT2D eigenvalue weighted by Crippen LogP contribution is -2.60. The molecule has 42 heavy (non-hydrogen) atoms. The van der Waals surface area contributed by atoms with Crippen LogP contribution in [0.1, 0.15) is 56.5 Å². The standard InChI is InChI=1S/C29H38F3N7O2S/c1-27(2,3)41-26(40)37-8-5-19(6-9-37)23(20-13-35-36(4)14-20)39-16-28(17-39)7-10-38(15-28)24-22-11-21(12-29(30,31)32)42-25(22)34-18-33-24/h11,13-14,18-19,23H,5-10,12,15-17H2,1-4H3. The van der Waals surface area contributed by atoms with E-state index in [2.05, 4.69) is 31.1 Å². The van der Waals surface area contributed by atoms with Gasteiger partial charge in [-0.25, -0.2) is 14.8 Å². The zero-order valence-corrected chi connectivity index (χ0v) is 25.3. The Hall–Kier alpha value is -2.93. The number of rotatable bonds is 5. The normalized spacial score (nSPS) is 20.8. The average molecular weight is 606 g/mol. The number of amides is 1. The molecule has 0 aromatic carbocycles. The molecule has 0 saturated carbocycles. The Morgan fingerprint density at radius 2 is 1.88 bits per heavy atom. The number of thiophene rings is 1. The van der Waals surface area contributed by atoms with Gasteiger partial charge in [0.25, 0.3) is 0 Å². The minimum absolute atomic E-state index is 0.111. The Bertz CT molecular complexity index is 1430. The van der Waals surface area contributed by atoms with Crippen molar-refractivity contribution in [3.63, 3.8) is 0 Å². The van der Waals surface area contributed by atoms with Crippen molar-refractivity contribution < 1.29 is 22.7 Å². The topological polar surface area (TPSA) is 79.6 Å². The number of nitrogens with zero attached hydrogens (tertiary/aromatic N) is 7. The molecule has 6 heterocycles. The second kappa shape index (κ2) is 10.7. The molecule has 3 fully saturated rings. The molecule has 1 atom stereocenters. The summed E-state index contributed by atoms with van der Waals surface area (Å²) < 4.78 is 46.5. The second-order valence-corrected chi connectivity index (χ2v) is 14.3. The summed E-state index contributed by atoms with van der Waals surface area (Å²) in [6.07, 6.45) is 2.88. The molecule has 3 aliphatic rings. The molecule has 6 rings (SSSR count). The van der Waals surface area contributed by atoms with Gasteiger partial charge in [-0.3, -0.25) is 9.58 Å². The Labute approximate surface area is 247 Å². The summed E-state index contributed by atoms with van der Waals surface area (Å²) in [7, 11) is 1.94. The maximum Gasteiger partial charge on any atom is 0.410 e. The van der Waals surface area contributed by atoms with Crippen LogP contribution < -0.4 is 4.90 Å². The Morgan fingerprint density at radius 1 is 1.14 bits per heavy atom. The third-order valence-electron chi connectivity index (χ3n) is 8.65. The number of halogens is 3. The lowest BCUT2D eigenvalue weighted by Gasteiger charge is -2.54. The first-order chi connectivity index (χ1) is 19.8. The van der Waals surface area contributed by atoms with Gasteiger partial charge in [0.1, 0.15) is 22.6 Å². The van der Waals surface area contributed by atoms with Gasteiger partial charge in [-0.15, -0.1) is 11.3 Å². The minimum atomic E-state index is -4.25. The molecule has 0 bridgehead atoms. The molecule has 0 N–H and O–H groups in total. The first-order valence-corrected chi connectivity index (χ1v) is 15.3. The van der Waals surface area contributed by atoms with Crippen LogP contribution in [0.3, 0.4) is 0 Å². The first-order valence-electron chi connectivity index (χ1n) is 14.5. The third-order valence-corrected chi connectivity index (χ3v) is 9.69. The van der Waals surface area contributed by atoms with E-state index in [0.29, 0.717) is 29.2 Å². The van der Waals surface area contributed by atoms with E-state index in [1.807, 2.05) is 43.6 Å². The lowest BCUT2D eigenvalue weighted by molar-refractivity contribution is -0.126. The molecule has 3 aromatic heterocycles. The van der Waals surface area contributed by atoms with Crippen LogP contribution in [-0.2, 0) is 18.2 Å². The van der Waals surface area contributed by atoms with Gasteiger partial charge in [0.05, 0.1) is 18.0 Å². The van der Waals surface area contributed by atoms with Crippen LogP contribution in [0.25, 0.3) is 10.2 Å². The van der Waals surface area contributed by atoms with E-state index < -0.39 is 18.2 Å². The third kappa shape index (κ3) is 6.08. The van der Waals surface area contributed by atoms with Gasteiger partial charge < -0.3 is 14.5 Å². The number of anilines is 1. The molecule has 3 aromatic rings. The number of carbonyl (C=O) groups excluding carboxylic acids is 1. The molecule has 0 aliphatic carbocycles. The highest BCUT2D eigenvalue weighted by Crippen LogP contribution is 2.48. The summed E-state index contributed by atoms with van der Waals surface area (Å²) >= 11 is 1.09. The monoisotopic (exact) mass is 605 g/mol. The molecular weight excluding hydrogens is 567 g/mol. The molecule has 3 saturated heterocycles. The number of hydrogen-bond donors (Lipinski definition) is 0. The maximum absolute atomic E-state index is 13.0. The maximum atomic E-state index is 13.0. The van der Waals surface area contributed by atoms with Gasteiger partial charge in [-0.05, 0) is 52.0 Å². The Morgan fingerprint density at radius 3 is 2.52 bits per heavy atom. The predicted molar refractivity (Wildman–Crippen MR) is 154 cm³/mol. The van der Waals surface area contributed by atoms with Crippen LogP contribution in [-0.4, -0.2) is 86.7 Å². The molecule has 228 valence electrons. The predicted octanol–water partition coefficient (Wildman–Crippen LogP) is 5.43. The molecule has 13 heteroatoms. The van der Waals surface area contributed by atoms with E-state index in [0.717, 1.165) is 62.6 Å². The summed E-state index contributed by atoms with van der Waals surface area (Å²) in [6.45, 7) is 10.5. The number of ether oxygens (including phenoxy) is 1. The fraction of sp³-hybridized carbons (Fsp3) is 0.655. The minimum Gasteiger partial charge on any atom is -0.444 e.